The molecule has 0 bridgehead atoms. The molecule has 0 aromatic carbocycles. The first kappa shape index (κ1) is 13.1. The lowest BCUT2D eigenvalue weighted by atomic mass is 10.0. The van der Waals surface area contributed by atoms with Crippen molar-refractivity contribution in [3.63, 3.8) is 0 Å². The molecule has 0 saturated carbocycles. The zero-order valence-corrected chi connectivity index (χ0v) is 11.7. The molecule has 0 aliphatic carbocycles. The van der Waals surface area contributed by atoms with Gasteiger partial charge in [-0.15, -0.1) is 11.3 Å². The van der Waals surface area contributed by atoms with Gasteiger partial charge in [0.25, 0.3) is 5.91 Å². The molecular weight excluding hydrogens is 274 g/mol. The molecule has 6 heteroatoms. The van der Waals surface area contributed by atoms with Gasteiger partial charge in [0.15, 0.2) is 0 Å². The van der Waals surface area contributed by atoms with Gasteiger partial charge in [0.05, 0.1) is 6.04 Å². The quantitative estimate of drug-likeness (QED) is 0.921. The first-order valence-electron chi connectivity index (χ1n) is 6.65. The van der Waals surface area contributed by atoms with E-state index in [1.54, 1.807) is 29.7 Å². The van der Waals surface area contributed by atoms with Gasteiger partial charge >= 0.3 is 0 Å². The molecule has 0 unspecified atom stereocenters. The second-order valence-corrected chi connectivity index (χ2v) is 5.74. The number of H-pyrrole nitrogens is 1. The summed E-state index contributed by atoms with van der Waals surface area (Å²) in [5.74, 6) is -0.123. The van der Waals surface area contributed by atoms with Gasteiger partial charge < -0.3 is 9.88 Å². The van der Waals surface area contributed by atoms with Crippen molar-refractivity contribution in [3.8, 4) is 0 Å². The van der Waals surface area contributed by atoms with Crippen molar-refractivity contribution in [2.24, 2.45) is 0 Å². The van der Waals surface area contributed by atoms with Gasteiger partial charge in [-0.1, -0.05) is 6.07 Å². The number of likely N-dealkylation sites (tertiary alicyclic amines) is 1. The van der Waals surface area contributed by atoms with Crippen molar-refractivity contribution in [1.29, 1.82) is 0 Å². The molecule has 20 heavy (non-hydrogen) atoms. The molecule has 1 atom stereocenters. The second-order valence-electron chi connectivity index (χ2n) is 4.81. The Balaban J connectivity index is 1.90. The number of carbonyl (C=O) groups excluding carboxylic acids is 1. The molecule has 0 spiro atoms. The number of aromatic nitrogens is 2. The standard InChI is InChI=1S/C14H15N3O2S/c18-12-6-3-4-10(16-12)14(19)17-8-2-1-5-11(17)13-15-7-9-20-13/h3-4,6-7,9,11H,1-2,5,8H2,(H,16,18)/t11-/m1/s1. The molecule has 1 N–H and O–H groups in total. The smallest absolute Gasteiger partial charge is 0.270 e. The Labute approximate surface area is 120 Å². The van der Waals surface area contributed by atoms with E-state index in [0.717, 1.165) is 24.3 Å². The fourth-order valence-corrected chi connectivity index (χ4v) is 3.34. The lowest BCUT2D eigenvalue weighted by Crippen LogP contribution is -2.39. The van der Waals surface area contributed by atoms with Crippen LogP contribution in [0.4, 0.5) is 0 Å². The average Bonchev–Trinajstić information content (AvgIpc) is 3.00. The molecule has 1 fully saturated rings. The highest BCUT2D eigenvalue weighted by Gasteiger charge is 2.30. The Morgan fingerprint density at radius 2 is 2.30 bits per heavy atom. The molecule has 3 heterocycles. The van der Waals surface area contributed by atoms with Gasteiger partial charge in [-0.2, -0.15) is 0 Å². The first-order chi connectivity index (χ1) is 9.75. The largest absolute Gasteiger partial charge is 0.328 e. The van der Waals surface area contributed by atoms with Gasteiger partial charge in [0.1, 0.15) is 10.7 Å². The van der Waals surface area contributed by atoms with E-state index in [-0.39, 0.29) is 17.5 Å². The maximum absolute atomic E-state index is 12.6. The summed E-state index contributed by atoms with van der Waals surface area (Å²) in [5.41, 5.74) is 0.0969. The van der Waals surface area contributed by atoms with Crippen LogP contribution < -0.4 is 5.56 Å². The topological polar surface area (TPSA) is 66.1 Å². The van der Waals surface area contributed by atoms with Crippen molar-refractivity contribution in [1.82, 2.24) is 14.9 Å². The number of pyridine rings is 1. The maximum atomic E-state index is 12.6. The van der Waals surface area contributed by atoms with E-state index in [2.05, 4.69) is 9.97 Å². The molecule has 1 aliphatic rings. The fourth-order valence-electron chi connectivity index (χ4n) is 2.56. The van der Waals surface area contributed by atoms with E-state index in [0.29, 0.717) is 12.2 Å². The predicted molar refractivity (Wildman–Crippen MR) is 76.8 cm³/mol. The minimum Gasteiger partial charge on any atom is -0.328 e. The van der Waals surface area contributed by atoms with E-state index in [1.807, 2.05) is 10.3 Å². The van der Waals surface area contributed by atoms with E-state index in [1.165, 1.54) is 6.07 Å². The Morgan fingerprint density at radius 1 is 1.40 bits per heavy atom. The van der Waals surface area contributed by atoms with Gasteiger partial charge in [-0.25, -0.2) is 4.98 Å². The van der Waals surface area contributed by atoms with Crippen LogP contribution in [-0.2, 0) is 0 Å². The van der Waals surface area contributed by atoms with Crippen LogP contribution in [0.1, 0.15) is 40.8 Å². The molecule has 1 aliphatic heterocycles. The van der Waals surface area contributed by atoms with Gasteiger partial charge in [-0.3, -0.25) is 9.59 Å². The highest BCUT2D eigenvalue weighted by Crippen LogP contribution is 2.32. The van der Waals surface area contributed by atoms with Crippen LogP contribution in [0.3, 0.4) is 0 Å². The summed E-state index contributed by atoms with van der Waals surface area (Å²) in [6, 6.07) is 4.69. The molecule has 0 radical (unpaired) electrons. The van der Waals surface area contributed by atoms with E-state index < -0.39 is 0 Å². The normalized spacial score (nSPS) is 19.0. The predicted octanol–water partition coefficient (Wildman–Crippen LogP) is 2.20. The zero-order chi connectivity index (χ0) is 13.9. The molecule has 1 saturated heterocycles. The molecule has 1 amide bonds. The summed E-state index contributed by atoms with van der Waals surface area (Å²) in [7, 11) is 0. The number of nitrogens with one attached hydrogen (secondary N) is 1. The minimum absolute atomic E-state index is 0.0277. The van der Waals surface area contributed by atoms with E-state index in [4.69, 9.17) is 0 Å². The summed E-state index contributed by atoms with van der Waals surface area (Å²) in [6.07, 6.45) is 4.78. The van der Waals surface area contributed by atoms with Crippen LogP contribution in [0.25, 0.3) is 0 Å². The SMILES string of the molecule is O=C(c1cccc(=O)[nH]1)N1CCCC[C@@H]1c1nccs1. The summed E-state index contributed by atoms with van der Waals surface area (Å²) < 4.78 is 0. The highest BCUT2D eigenvalue weighted by molar-refractivity contribution is 7.09. The molecule has 2 aromatic heterocycles. The number of rotatable bonds is 2. The third-order valence-electron chi connectivity index (χ3n) is 3.50. The van der Waals surface area contributed by atoms with Gasteiger partial charge in [-0.05, 0) is 25.3 Å². The fraction of sp³-hybridized carbons (Fsp3) is 0.357. The lowest BCUT2D eigenvalue weighted by Gasteiger charge is -2.34. The average molecular weight is 289 g/mol. The second kappa shape index (κ2) is 5.58. The number of hydrogen-bond acceptors (Lipinski definition) is 4. The molecule has 2 aromatic rings. The third kappa shape index (κ3) is 2.51. The number of aromatic amines is 1. The minimum atomic E-state index is -0.251. The molecule has 5 nitrogen and oxygen atoms in total. The highest BCUT2D eigenvalue weighted by atomic mass is 32.1. The van der Waals surface area contributed by atoms with Crippen LogP contribution in [0.5, 0.6) is 0 Å². The number of amides is 1. The van der Waals surface area contributed by atoms with Crippen molar-refractivity contribution >= 4 is 17.2 Å². The molecular formula is C14H15N3O2S. The summed E-state index contributed by atoms with van der Waals surface area (Å²) in [4.78, 5) is 32.7. The van der Waals surface area contributed by atoms with Crippen molar-refractivity contribution in [2.45, 2.75) is 25.3 Å². The number of hydrogen-bond donors (Lipinski definition) is 1. The van der Waals surface area contributed by atoms with Crippen LogP contribution in [0.2, 0.25) is 0 Å². The van der Waals surface area contributed by atoms with Crippen LogP contribution in [0, 0.1) is 0 Å². The summed E-state index contributed by atoms with van der Waals surface area (Å²) >= 11 is 1.57. The lowest BCUT2D eigenvalue weighted by molar-refractivity contribution is 0.0605. The molecule has 3 rings (SSSR count). The zero-order valence-electron chi connectivity index (χ0n) is 10.9. The van der Waals surface area contributed by atoms with Gasteiger partial charge in [0.2, 0.25) is 5.56 Å². The first-order valence-corrected chi connectivity index (χ1v) is 7.53. The molecule has 104 valence electrons. The van der Waals surface area contributed by atoms with Crippen LogP contribution >= 0.6 is 11.3 Å². The van der Waals surface area contributed by atoms with Crippen molar-refractivity contribution < 1.29 is 4.79 Å². The van der Waals surface area contributed by atoms with Crippen molar-refractivity contribution in [3.05, 3.63) is 50.8 Å². The maximum Gasteiger partial charge on any atom is 0.270 e. The summed E-state index contributed by atoms with van der Waals surface area (Å²) in [5, 5.41) is 2.90. The Morgan fingerprint density at radius 3 is 3.05 bits per heavy atom. The van der Waals surface area contributed by atoms with Crippen LogP contribution in [0.15, 0.2) is 34.6 Å². The number of nitrogens with zero attached hydrogens (tertiary/aromatic N) is 2. The van der Waals surface area contributed by atoms with Crippen LogP contribution in [-0.4, -0.2) is 27.3 Å². The Kier molecular flexibility index (Phi) is 3.64. The van der Waals surface area contributed by atoms with Crippen molar-refractivity contribution in [2.75, 3.05) is 6.54 Å². The summed E-state index contributed by atoms with van der Waals surface area (Å²) in [6.45, 7) is 0.708. The number of carbonyl (C=O) groups is 1. The number of piperidine rings is 1. The van der Waals surface area contributed by atoms with E-state index in [9.17, 15) is 9.59 Å². The van der Waals surface area contributed by atoms with Gasteiger partial charge in [0, 0.05) is 24.2 Å². The Hall–Kier alpha value is -1.95. The third-order valence-corrected chi connectivity index (χ3v) is 4.38. The monoisotopic (exact) mass is 289 g/mol. The number of thiazole rings is 1. The Bertz CT molecular complexity index is 650. The van der Waals surface area contributed by atoms with E-state index >= 15 is 0 Å².